The molecular weight excluding hydrogens is 448 g/mol. The van der Waals surface area contributed by atoms with Gasteiger partial charge in [0.05, 0.1) is 17.1 Å². The standard InChI is InChI=1S/C22H25BrN4O3/c1-30-19-7-6-15(12-17(19)23)20-25-18-13-16(22(28)29)14-24-21(18)27(20)11-5-4-10-26-8-2-3-9-26/h6-7,12-14H,2-5,8-11H2,1H3,(H,28,29). The van der Waals surface area contributed by atoms with Crippen LogP contribution in [-0.2, 0) is 6.54 Å². The number of aryl methyl sites for hydroxylation is 1. The lowest BCUT2D eigenvalue weighted by Gasteiger charge is -2.15. The molecule has 0 amide bonds. The van der Waals surface area contributed by atoms with E-state index in [2.05, 4.69) is 30.4 Å². The normalized spacial score (nSPS) is 14.5. The van der Waals surface area contributed by atoms with Crippen LogP contribution in [0, 0.1) is 0 Å². The largest absolute Gasteiger partial charge is 0.496 e. The summed E-state index contributed by atoms with van der Waals surface area (Å²) in [4.78, 5) is 23.1. The summed E-state index contributed by atoms with van der Waals surface area (Å²) < 4.78 is 8.28. The van der Waals surface area contributed by atoms with E-state index in [1.165, 1.54) is 32.1 Å². The average molecular weight is 473 g/mol. The molecule has 30 heavy (non-hydrogen) atoms. The Morgan fingerprint density at radius 1 is 1.20 bits per heavy atom. The topological polar surface area (TPSA) is 80.5 Å². The zero-order valence-corrected chi connectivity index (χ0v) is 18.6. The third kappa shape index (κ3) is 4.34. The summed E-state index contributed by atoms with van der Waals surface area (Å²) in [7, 11) is 1.63. The van der Waals surface area contributed by atoms with Crippen molar-refractivity contribution in [3.63, 3.8) is 0 Å². The third-order valence-electron chi connectivity index (χ3n) is 5.55. The fourth-order valence-corrected chi connectivity index (χ4v) is 4.52. The number of carboxylic acids is 1. The first-order valence-electron chi connectivity index (χ1n) is 10.2. The summed E-state index contributed by atoms with van der Waals surface area (Å²) in [5, 5.41) is 9.31. The van der Waals surface area contributed by atoms with E-state index in [1.807, 2.05) is 18.2 Å². The molecule has 3 aromatic rings. The van der Waals surface area contributed by atoms with Crippen LogP contribution in [0.4, 0.5) is 0 Å². The maximum absolute atomic E-state index is 11.4. The Bertz CT molecular complexity index is 1060. The van der Waals surface area contributed by atoms with Crippen LogP contribution in [0.15, 0.2) is 34.9 Å². The lowest BCUT2D eigenvalue weighted by Crippen LogP contribution is -2.20. The van der Waals surface area contributed by atoms with E-state index in [4.69, 9.17) is 9.72 Å². The molecule has 1 aromatic carbocycles. The van der Waals surface area contributed by atoms with Crippen molar-refractivity contribution in [2.24, 2.45) is 0 Å². The molecule has 0 unspecified atom stereocenters. The number of benzene rings is 1. The number of fused-ring (bicyclic) bond motifs is 1. The smallest absolute Gasteiger partial charge is 0.337 e. The fraction of sp³-hybridized carbons (Fsp3) is 0.409. The lowest BCUT2D eigenvalue weighted by atomic mass is 10.2. The Morgan fingerprint density at radius 3 is 2.67 bits per heavy atom. The number of aromatic carboxylic acids is 1. The van der Waals surface area contributed by atoms with Crippen molar-refractivity contribution in [3.8, 4) is 17.1 Å². The number of pyridine rings is 1. The molecule has 7 nitrogen and oxygen atoms in total. The Hall–Kier alpha value is -2.45. The number of hydrogen-bond donors (Lipinski definition) is 1. The molecule has 0 aliphatic carbocycles. The number of rotatable bonds is 8. The van der Waals surface area contributed by atoms with Gasteiger partial charge in [-0.1, -0.05) is 0 Å². The van der Waals surface area contributed by atoms with E-state index in [9.17, 15) is 9.90 Å². The molecule has 0 radical (unpaired) electrons. The van der Waals surface area contributed by atoms with E-state index >= 15 is 0 Å². The predicted molar refractivity (Wildman–Crippen MR) is 119 cm³/mol. The highest BCUT2D eigenvalue weighted by Gasteiger charge is 2.17. The third-order valence-corrected chi connectivity index (χ3v) is 6.17. The van der Waals surface area contributed by atoms with Crippen LogP contribution < -0.4 is 4.74 Å². The van der Waals surface area contributed by atoms with Gasteiger partial charge in [0.25, 0.3) is 0 Å². The van der Waals surface area contributed by atoms with Gasteiger partial charge in [0, 0.05) is 18.3 Å². The van der Waals surface area contributed by atoms with Crippen molar-refractivity contribution in [2.45, 2.75) is 32.2 Å². The number of ether oxygens (including phenoxy) is 1. The molecule has 2 aromatic heterocycles. The van der Waals surface area contributed by atoms with Gasteiger partial charge in [0.15, 0.2) is 5.65 Å². The number of halogens is 1. The Morgan fingerprint density at radius 2 is 1.97 bits per heavy atom. The first-order valence-corrected chi connectivity index (χ1v) is 11.0. The summed E-state index contributed by atoms with van der Waals surface area (Å²) in [6.07, 6.45) is 6.13. The number of hydrogen-bond acceptors (Lipinski definition) is 5. The molecule has 1 aliphatic rings. The van der Waals surface area contributed by atoms with Gasteiger partial charge in [-0.15, -0.1) is 0 Å². The summed E-state index contributed by atoms with van der Waals surface area (Å²) in [5.74, 6) is 0.529. The van der Waals surface area contributed by atoms with Crippen LogP contribution >= 0.6 is 15.9 Å². The van der Waals surface area contributed by atoms with Crippen molar-refractivity contribution in [1.29, 1.82) is 0 Å². The second-order valence-electron chi connectivity index (χ2n) is 7.56. The average Bonchev–Trinajstić information content (AvgIpc) is 3.38. The maximum Gasteiger partial charge on any atom is 0.337 e. The maximum atomic E-state index is 11.4. The number of methoxy groups -OCH3 is 1. The molecular formula is C22H25BrN4O3. The highest BCUT2D eigenvalue weighted by molar-refractivity contribution is 9.10. The molecule has 0 saturated carbocycles. The molecule has 0 atom stereocenters. The van der Waals surface area contributed by atoms with Gasteiger partial charge in [-0.25, -0.2) is 14.8 Å². The van der Waals surface area contributed by atoms with Crippen LogP contribution in [0.5, 0.6) is 5.75 Å². The molecule has 1 aliphatic heterocycles. The van der Waals surface area contributed by atoms with Crippen molar-refractivity contribution in [2.75, 3.05) is 26.7 Å². The predicted octanol–water partition coefficient (Wildman–Crippen LogP) is 4.44. The SMILES string of the molecule is COc1ccc(-c2nc3cc(C(=O)O)cnc3n2CCCCN2CCCC2)cc1Br. The summed E-state index contributed by atoms with van der Waals surface area (Å²) in [6.45, 7) is 4.31. The molecule has 0 bridgehead atoms. The fourth-order valence-electron chi connectivity index (χ4n) is 3.98. The van der Waals surface area contributed by atoms with E-state index in [0.717, 1.165) is 47.5 Å². The van der Waals surface area contributed by atoms with Gasteiger partial charge < -0.3 is 19.3 Å². The van der Waals surface area contributed by atoms with Gasteiger partial charge in [0.1, 0.15) is 17.1 Å². The van der Waals surface area contributed by atoms with Crippen LogP contribution in [0.3, 0.4) is 0 Å². The van der Waals surface area contributed by atoms with Crippen LogP contribution in [-0.4, -0.2) is 57.3 Å². The molecule has 1 saturated heterocycles. The monoisotopic (exact) mass is 472 g/mol. The van der Waals surface area contributed by atoms with Crippen molar-refractivity contribution in [1.82, 2.24) is 19.4 Å². The Kier molecular flexibility index (Phi) is 6.34. The first-order chi connectivity index (χ1) is 14.6. The zero-order chi connectivity index (χ0) is 21.1. The summed E-state index contributed by atoms with van der Waals surface area (Å²) in [5.41, 5.74) is 2.38. The minimum atomic E-state index is -1.00. The van der Waals surface area contributed by atoms with E-state index in [-0.39, 0.29) is 5.56 Å². The van der Waals surface area contributed by atoms with E-state index in [0.29, 0.717) is 11.2 Å². The Labute approximate surface area is 183 Å². The second-order valence-corrected chi connectivity index (χ2v) is 8.42. The number of imidazole rings is 1. The number of aromatic nitrogens is 3. The number of carboxylic acid groups (broad SMARTS) is 1. The van der Waals surface area contributed by atoms with Crippen LogP contribution in [0.2, 0.25) is 0 Å². The molecule has 3 heterocycles. The van der Waals surface area contributed by atoms with Gasteiger partial charge in [0.2, 0.25) is 0 Å². The van der Waals surface area contributed by atoms with Gasteiger partial charge in [-0.2, -0.15) is 0 Å². The minimum Gasteiger partial charge on any atom is -0.496 e. The molecule has 158 valence electrons. The molecule has 4 rings (SSSR count). The number of carbonyl (C=O) groups is 1. The summed E-state index contributed by atoms with van der Waals surface area (Å²) in [6, 6.07) is 7.42. The highest BCUT2D eigenvalue weighted by atomic mass is 79.9. The first kappa shape index (κ1) is 20.8. The van der Waals surface area contributed by atoms with Gasteiger partial charge in [-0.3, -0.25) is 0 Å². The lowest BCUT2D eigenvalue weighted by molar-refractivity contribution is 0.0696. The summed E-state index contributed by atoms with van der Waals surface area (Å²) >= 11 is 3.54. The quantitative estimate of drug-likeness (QED) is 0.488. The van der Waals surface area contributed by atoms with Crippen LogP contribution in [0.1, 0.15) is 36.0 Å². The number of nitrogens with zero attached hydrogens (tertiary/aromatic N) is 4. The molecule has 8 heteroatoms. The molecule has 1 fully saturated rings. The molecule has 0 spiro atoms. The second kappa shape index (κ2) is 9.14. The van der Waals surface area contributed by atoms with Gasteiger partial charge in [-0.05, 0) is 85.5 Å². The van der Waals surface area contributed by atoms with E-state index < -0.39 is 5.97 Å². The number of likely N-dealkylation sites (tertiary alicyclic amines) is 1. The van der Waals surface area contributed by atoms with Gasteiger partial charge >= 0.3 is 5.97 Å². The Balaban J connectivity index is 1.65. The zero-order valence-electron chi connectivity index (χ0n) is 17.0. The molecule has 1 N–H and O–H groups in total. The van der Waals surface area contributed by atoms with E-state index in [1.54, 1.807) is 13.2 Å². The minimum absolute atomic E-state index is 0.142. The van der Waals surface area contributed by atoms with Crippen molar-refractivity contribution < 1.29 is 14.6 Å². The highest BCUT2D eigenvalue weighted by Crippen LogP contribution is 2.32. The van der Waals surface area contributed by atoms with Crippen LogP contribution in [0.25, 0.3) is 22.6 Å². The number of unbranched alkanes of at least 4 members (excludes halogenated alkanes) is 1. The van der Waals surface area contributed by atoms with Crippen molar-refractivity contribution >= 4 is 33.1 Å². The van der Waals surface area contributed by atoms with Crippen molar-refractivity contribution in [3.05, 3.63) is 40.5 Å².